The number of hydrogen-bond acceptors (Lipinski definition) is 3. The van der Waals surface area contributed by atoms with Gasteiger partial charge in [0.1, 0.15) is 5.82 Å². The van der Waals surface area contributed by atoms with Crippen molar-refractivity contribution in [3.05, 3.63) is 65.0 Å². The third-order valence-corrected chi connectivity index (χ3v) is 6.85. The molecule has 1 aliphatic rings. The molecule has 0 amide bonds. The first-order valence-electron chi connectivity index (χ1n) is 8.33. The second-order valence-corrected chi connectivity index (χ2v) is 8.56. The summed E-state index contributed by atoms with van der Waals surface area (Å²) in [5.41, 5.74) is 2.30. The molecule has 2 aromatic rings. The molecular weight excluding hydrogens is 339 g/mol. The van der Waals surface area contributed by atoms with Crippen molar-refractivity contribution in [1.29, 1.82) is 0 Å². The molecule has 0 radical (unpaired) electrons. The van der Waals surface area contributed by atoms with E-state index in [1.165, 1.54) is 10.4 Å². The minimum atomic E-state index is -3.60. The van der Waals surface area contributed by atoms with Crippen LogP contribution in [0.1, 0.15) is 22.7 Å². The van der Waals surface area contributed by atoms with Crippen LogP contribution in [0, 0.1) is 19.7 Å². The number of rotatable bonds is 3. The lowest BCUT2D eigenvalue weighted by atomic mass is 10.0. The molecule has 1 fully saturated rings. The van der Waals surface area contributed by atoms with Crippen LogP contribution in [0.4, 0.5) is 4.39 Å². The zero-order valence-electron chi connectivity index (χ0n) is 14.7. The normalized spacial score (nSPS) is 19.9. The Kier molecular flexibility index (Phi) is 4.95. The molecule has 0 N–H and O–H groups in total. The van der Waals surface area contributed by atoms with E-state index in [0.717, 1.165) is 11.1 Å². The first kappa shape index (κ1) is 18.0. The maximum atomic E-state index is 14.2. The number of piperazine rings is 1. The topological polar surface area (TPSA) is 40.6 Å². The van der Waals surface area contributed by atoms with Gasteiger partial charge in [-0.3, -0.25) is 4.90 Å². The summed E-state index contributed by atoms with van der Waals surface area (Å²) < 4.78 is 41.9. The molecular formula is C19H23FN2O2S. The highest BCUT2D eigenvalue weighted by Gasteiger charge is 2.35. The van der Waals surface area contributed by atoms with Gasteiger partial charge in [0.25, 0.3) is 0 Å². The van der Waals surface area contributed by atoms with Gasteiger partial charge in [-0.25, -0.2) is 12.8 Å². The van der Waals surface area contributed by atoms with Crippen LogP contribution >= 0.6 is 0 Å². The lowest BCUT2D eigenvalue weighted by Gasteiger charge is -2.39. The highest BCUT2D eigenvalue weighted by atomic mass is 32.2. The van der Waals surface area contributed by atoms with Crippen LogP contribution in [0.25, 0.3) is 0 Å². The van der Waals surface area contributed by atoms with Gasteiger partial charge in [0.05, 0.1) is 10.9 Å². The van der Waals surface area contributed by atoms with Crippen LogP contribution in [0.2, 0.25) is 0 Å². The summed E-state index contributed by atoms with van der Waals surface area (Å²) in [4.78, 5) is 2.34. The zero-order valence-corrected chi connectivity index (χ0v) is 15.6. The molecule has 1 aliphatic heterocycles. The maximum absolute atomic E-state index is 14.2. The zero-order chi connectivity index (χ0) is 18.2. The molecule has 0 aromatic heterocycles. The van der Waals surface area contributed by atoms with E-state index in [2.05, 4.69) is 0 Å². The summed E-state index contributed by atoms with van der Waals surface area (Å²) in [7, 11) is -1.70. The van der Waals surface area contributed by atoms with E-state index in [1.54, 1.807) is 24.3 Å². The van der Waals surface area contributed by atoms with Crippen molar-refractivity contribution in [2.45, 2.75) is 24.8 Å². The Bertz CT molecular complexity index is 883. The third kappa shape index (κ3) is 3.47. The lowest BCUT2D eigenvalue weighted by molar-refractivity contribution is 0.145. The van der Waals surface area contributed by atoms with Crippen LogP contribution in [-0.4, -0.2) is 44.3 Å². The van der Waals surface area contributed by atoms with E-state index >= 15 is 0 Å². The Morgan fingerprint density at radius 3 is 2.48 bits per heavy atom. The van der Waals surface area contributed by atoms with Gasteiger partial charge in [-0.05, 0) is 38.6 Å². The predicted molar refractivity (Wildman–Crippen MR) is 96.4 cm³/mol. The van der Waals surface area contributed by atoms with Crippen molar-refractivity contribution >= 4 is 10.0 Å². The van der Waals surface area contributed by atoms with Gasteiger partial charge < -0.3 is 0 Å². The molecule has 1 atom stereocenters. The number of likely N-dealkylation sites (N-methyl/N-ethyl adjacent to an activating group) is 1. The van der Waals surface area contributed by atoms with Crippen molar-refractivity contribution in [2.24, 2.45) is 0 Å². The van der Waals surface area contributed by atoms with Gasteiger partial charge in [0, 0.05) is 25.2 Å². The second-order valence-electron chi connectivity index (χ2n) is 6.65. The molecule has 4 nitrogen and oxygen atoms in total. The predicted octanol–water partition coefficient (Wildman–Crippen LogP) is 3.12. The highest BCUT2D eigenvalue weighted by Crippen LogP contribution is 2.30. The number of benzene rings is 2. The van der Waals surface area contributed by atoms with Crippen LogP contribution in [0.3, 0.4) is 0 Å². The van der Waals surface area contributed by atoms with Gasteiger partial charge in [0.2, 0.25) is 10.0 Å². The standard InChI is InChI=1S/C19H23FN2O2S/c1-14-8-9-19(15(2)12-14)25(23,24)22-11-10-21(3)18(13-22)16-6-4-5-7-17(16)20/h4-9,12,18H,10-11,13H2,1-3H3. The minimum absolute atomic E-state index is 0.243. The van der Waals surface area contributed by atoms with E-state index in [-0.39, 0.29) is 18.4 Å². The molecule has 1 unspecified atom stereocenters. The third-order valence-electron chi connectivity index (χ3n) is 4.82. The Morgan fingerprint density at radius 2 is 1.80 bits per heavy atom. The molecule has 1 saturated heterocycles. The van der Waals surface area contributed by atoms with Gasteiger partial charge in [-0.15, -0.1) is 0 Å². The van der Waals surface area contributed by atoms with Crippen LogP contribution in [-0.2, 0) is 10.0 Å². The Labute approximate surface area is 148 Å². The van der Waals surface area contributed by atoms with Crippen molar-refractivity contribution in [2.75, 3.05) is 26.7 Å². The van der Waals surface area contributed by atoms with E-state index in [1.807, 2.05) is 37.9 Å². The molecule has 6 heteroatoms. The minimum Gasteiger partial charge on any atom is -0.297 e. The highest BCUT2D eigenvalue weighted by molar-refractivity contribution is 7.89. The van der Waals surface area contributed by atoms with E-state index in [9.17, 15) is 12.8 Å². The molecule has 134 valence electrons. The Morgan fingerprint density at radius 1 is 1.08 bits per heavy atom. The fraction of sp³-hybridized carbons (Fsp3) is 0.368. The molecule has 0 bridgehead atoms. The first-order valence-corrected chi connectivity index (χ1v) is 9.77. The van der Waals surface area contributed by atoms with Gasteiger partial charge in [-0.1, -0.05) is 35.9 Å². The summed E-state index contributed by atoms with van der Waals surface area (Å²) in [6, 6.07) is 11.6. The van der Waals surface area contributed by atoms with Crippen molar-refractivity contribution < 1.29 is 12.8 Å². The van der Waals surface area contributed by atoms with Crippen LogP contribution in [0.15, 0.2) is 47.4 Å². The average Bonchev–Trinajstić information content (AvgIpc) is 2.55. The summed E-state index contributed by atoms with van der Waals surface area (Å²) in [6.45, 7) is 4.95. The molecule has 2 aromatic carbocycles. The summed E-state index contributed by atoms with van der Waals surface area (Å²) in [6.07, 6.45) is 0. The van der Waals surface area contributed by atoms with E-state index < -0.39 is 10.0 Å². The molecule has 0 spiro atoms. The quantitative estimate of drug-likeness (QED) is 0.842. The SMILES string of the molecule is Cc1ccc(S(=O)(=O)N2CCN(C)C(c3ccccc3F)C2)c(C)c1. The number of aryl methyl sites for hydroxylation is 2. The Hall–Kier alpha value is -1.76. The number of hydrogen-bond donors (Lipinski definition) is 0. The summed E-state index contributed by atoms with van der Waals surface area (Å²) in [5.74, 6) is -0.301. The smallest absolute Gasteiger partial charge is 0.243 e. The number of sulfonamides is 1. The summed E-state index contributed by atoms with van der Waals surface area (Å²) in [5, 5.41) is 0. The lowest BCUT2D eigenvalue weighted by Crippen LogP contribution is -2.49. The van der Waals surface area contributed by atoms with E-state index in [4.69, 9.17) is 0 Å². The van der Waals surface area contributed by atoms with Gasteiger partial charge >= 0.3 is 0 Å². The Balaban J connectivity index is 1.94. The second kappa shape index (κ2) is 6.86. The first-order chi connectivity index (χ1) is 11.8. The monoisotopic (exact) mass is 362 g/mol. The largest absolute Gasteiger partial charge is 0.297 e. The molecule has 0 saturated carbocycles. The fourth-order valence-corrected chi connectivity index (χ4v) is 5.02. The summed E-state index contributed by atoms with van der Waals surface area (Å²) >= 11 is 0. The molecule has 0 aliphatic carbocycles. The fourth-order valence-electron chi connectivity index (χ4n) is 3.38. The van der Waals surface area contributed by atoms with Gasteiger partial charge in [-0.2, -0.15) is 4.31 Å². The van der Waals surface area contributed by atoms with Crippen molar-refractivity contribution in [1.82, 2.24) is 9.21 Å². The molecule has 3 rings (SSSR count). The molecule has 1 heterocycles. The van der Waals surface area contributed by atoms with E-state index in [0.29, 0.717) is 23.5 Å². The number of nitrogens with zero attached hydrogens (tertiary/aromatic N) is 2. The van der Waals surface area contributed by atoms with Crippen LogP contribution in [0.5, 0.6) is 0 Å². The van der Waals surface area contributed by atoms with Crippen LogP contribution < -0.4 is 0 Å². The number of halogens is 1. The van der Waals surface area contributed by atoms with Crippen molar-refractivity contribution in [3.63, 3.8) is 0 Å². The maximum Gasteiger partial charge on any atom is 0.243 e. The van der Waals surface area contributed by atoms with Gasteiger partial charge in [0.15, 0.2) is 0 Å². The van der Waals surface area contributed by atoms with Crippen molar-refractivity contribution in [3.8, 4) is 0 Å². The average molecular weight is 362 g/mol. The molecule has 25 heavy (non-hydrogen) atoms.